The van der Waals surface area contributed by atoms with Crippen LogP contribution in [0.15, 0.2) is 30.5 Å². The quantitative estimate of drug-likeness (QED) is 0.943. The maximum Gasteiger partial charge on any atom is 0.119 e. The van der Waals surface area contributed by atoms with Gasteiger partial charge in [0.05, 0.1) is 24.5 Å². The van der Waals surface area contributed by atoms with Gasteiger partial charge >= 0.3 is 0 Å². The van der Waals surface area contributed by atoms with Crippen LogP contribution >= 0.6 is 12.4 Å². The average molecular weight is 294 g/mol. The standard InChI is InChI=1S/C15H19N3O.ClH/c1-18(12-5-6-16-9-12)13-7-11-8-14(19-2)3-4-15(11)17-10-13;/h3-4,7-8,10,12,16H,5-6,9H2,1-2H3;1H/t12-;/m0./s1. The number of nitrogens with zero attached hydrogens (tertiary/aromatic N) is 2. The lowest BCUT2D eigenvalue weighted by Gasteiger charge is -2.25. The smallest absolute Gasteiger partial charge is 0.119 e. The van der Waals surface area contributed by atoms with E-state index in [0.717, 1.165) is 35.4 Å². The van der Waals surface area contributed by atoms with Crippen LogP contribution < -0.4 is 15.0 Å². The number of benzene rings is 1. The van der Waals surface area contributed by atoms with Gasteiger partial charge in [-0.05, 0) is 37.2 Å². The summed E-state index contributed by atoms with van der Waals surface area (Å²) in [7, 11) is 3.83. The van der Waals surface area contributed by atoms with Crippen molar-refractivity contribution < 1.29 is 4.74 Å². The van der Waals surface area contributed by atoms with Crippen LogP contribution in [0, 0.1) is 0 Å². The van der Waals surface area contributed by atoms with Crippen molar-refractivity contribution in [2.45, 2.75) is 12.5 Å². The number of pyridine rings is 1. The predicted octanol–water partition coefficient (Wildman–Crippen LogP) is 2.46. The third-order valence-corrected chi connectivity index (χ3v) is 3.86. The molecule has 20 heavy (non-hydrogen) atoms. The summed E-state index contributed by atoms with van der Waals surface area (Å²) in [4.78, 5) is 6.84. The number of fused-ring (bicyclic) bond motifs is 1. The number of hydrogen-bond acceptors (Lipinski definition) is 4. The second-order valence-electron chi connectivity index (χ2n) is 5.01. The van der Waals surface area contributed by atoms with E-state index >= 15 is 0 Å². The van der Waals surface area contributed by atoms with Gasteiger partial charge in [-0.1, -0.05) is 0 Å². The van der Waals surface area contributed by atoms with Crippen LogP contribution in [0.25, 0.3) is 10.9 Å². The fraction of sp³-hybridized carbons (Fsp3) is 0.400. The Balaban J connectivity index is 0.00000147. The van der Waals surface area contributed by atoms with Crippen LogP contribution in [0.4, 0.5) is 5.69 Å². The molecule has 0 radical (unpaired) electrons. The fourth-order valence-electron chi connectivity index (χ4n) is 2.60. The number of nitrogens with one attached hydrogen (secondary N) is 1. The molecule has 0 aliphatic carbocycles. The van der Waals surface area contributed by atoms with Crippen molar-refractivity contribution in [1.82, 2.24) is 10.3 Å². The van der Waals surface area contributed by atoms with Crippen LogP contribution in [0.1, 0.15) is 6.42 Å². The largest absolute Gasteiger partial charge is 0.497 e. The second kappa shape index (κ2) is 6.29. The molecule has 1 N–H and O–H groups in total. The SMILES string of the molecule is COc1ccc2ncc(N(C)[C@H]3CCNC3)cc2c1.Cl. The highest BCUT2D eigenvalue weighted by molar-refractivity contribution is 5.85. The first-order valence-electron chi connectivity index (χ1n) is 6.65. The fourth-order valence-corrected chi connectivity index (χ4v) is 2.60. The van der Waals surface area contributed by atoms with Crippen molar-refractivity contribution >= 4 is 29.0 Å². The molecule has 108 valence electrons. The van der Waals surface area contributed by atoms with E-state index in [9.17, 15) is 0 Å². The highest BCUT2D eigenvalue weighted by Gasteiger charge is 2.19. The molecule has 0 unspecified atom stereocenters. The van der Waals surface area contributed by atoms with Gasteiger partial charge in [-0.15, -0.1) is 12.4 Å². The molecule has 3 rings (SSSR count). The monoisotopic (exact) mass is 293 g/mol. The van der Waals surface area contributed by atoms with Gasteiger partial charge in [0.2, 0.25) is 0 Å². The number of anilines is 1. The van der Waals surface area contributed by atoms with Crippen molar-refractivity contribution in [2.24, 2.45) is 0 Å². The van der Waals surface area contributed by atoms with E-state index in [1.54, 1.807) is 7.11 Å². The summed E-state index contributed by atoms with van der Waals surface area (Å²) in [5, 5.41) is 4.52. The van der Waals surface area contributed by atoms with Crippen molar-refractivity contribution in [3.05, 3.63) is 30.5 Å². The molecule has 0 saturated carbocycles. The molecule has 0 spiro atoms. The number of likely N-dealkylation sites (N-methyl/N-ethyl adjacent to an activating group) is 1. The molecule has 0 amide bonds. The average Bonchev–Trinajstić information content (AvgIpc) is 2.99. The third-order valence-electron chi connectivity index (χ3n) is 3.86. The number of aromatic nitrogens is 1. The minimum atomic E-state index is 0. The number of ether oxygens (including phenoxy) is 1. The minimum absolute atomic E-state index is 0. The Bertz CT molecular complexity index is 584. The maximum absolute atomic E-state index is 5.27. The van der Waals surface area contributed by atoms with Crippen molar-refractivity contribution in [2.75, 3.05) is 32.1 Å². The van der Waals surface area contributed by atoms with Crippen LogP contribution in [-0.4, -0.2) is 38.3 Å². The second-order valence-corrected chi connectivity index (χ2v) is 5.01. The predicted molar refractivity (Wildman–Crippen MR) is 85.2 cm³/mol. The Morgan fingerprint density at radius 3 is 2.90 bits per heavy atom. The number of methoxy groups -OCH3 is 1. The topological polar surface area (TPSA) is 37.4 Å². The van der Waals surface area contributed by atoms with Gasteiger partial charge in [0, 0.05) is 25.0 Å². The first-order chi connectivity index (χ1) is 9.28. The van der Waals surface area contributed by atoms with E-state index in [-0.39, 0.29) is 12.4 Å². The molecule has 1 aromatic heterocycles. The van der Waals surface area contributed by atoms with E-state index in [4.69, 9.17) is 4.74 Å². The Kier molecular flexibility index (Phi) is 4.68. The first kappa shape index (κ1) is 14.9. The Morgan fingerprint density at radius 2 is 2.20 bits per heavy atom. The van der Waals surface area contributed by atoms with Gasteiger partial charge in [-0.25, -0.2) is 0 Å². The van der Waals surface area contributed by atoms with Gasteiger partial charge < -0.3 is 15.0 Å². The summed E-state index contributed by atoms with van der Waals surface area (Å²) >= 11 is 0. The third kappa shape index (κ3) is 2.81. The van der Waals surface area contributed by atoms with Gasteiger partial charge in [0.25, 0.3) is 0 Å². The van der Waals surface area contributed by atoms with Gasteiger partial charge in [0.15, 0.2) is 0 Å². The van der Waals surface area contributed by atoms with E-state index < -0.39 is 0 Å². The van der Waals surface area contributed by atoms with E-state index in [2.05, 4.69) is 28.3 Å². The zero-order valence-electron chi connectivity index (χ0n) is 11.8. The highest BCUT2D eigenvalue weighted by Crippen LogP contribution is 2.25. The van der Waals surface area contributed by atoms with Crippen LogP contribution in [-0.2, 0) is 0 Å². The summed E-state index contributed by atoms with van der Waals surface area (Å²) < 4.78 is 5.27. The molecular formula is C15H20ClN3O. The maximum atomic E-state index is 5.27. The molecular weight excluding hydrogens is 274 g/mol. The highest BCUT2D eigenvalue weighted by atomic mass is 35.5. The molecule has 1 aliphatic heterocycles. The van der Waals surface area contributed by atoms with Gasteiger partial charge in [-0.2, -0.15) is 0 Å². The minimum Gasteiger partial charge on any atom is -0.497 e. The Morgan fingerprint density at radius 1 is 1.35 bits per heavy atom. The van der Waals surface area contributed by atoms with E-state index in [1.807, 2.05) is 24.4 Å². The summed E-state index contributed by atoms with van der Waals surface area (Å²) in [6.45, 7) is 2.15. The molecule has 1 fully saturated rings. The van der Waals surface area contributed by atoms with Crippen molar-refractivity contribution in [3.8, 4) is 5.75 Å². The Labute approximate surface area is 125 Å². The molecule has 2 heterocycles. The lowest BCUT2D eigenvalue weighted by atomic mass is 10.1. The molecule has 5 heteroatoms. The molecule has 2 aromatic rings. The number of halogens is 1. The Hall–Kier alpha value is -1.52. The van der Waals surface area contributed by atoms with E-state index in [0.29, 0.717) is 6.04 Å². The van der Waals surface area contributed by atoms with Crippen LogP contribution in [0.3, 0.4) is 0 Å². The van der Waals surface area contributed by atoms with Crippen molar-refractivity contribution in [1.29, 1.82) is 0 Å². The summed E-state index contributed by atoms with van der Waals surface area (Å²) in [5.74, 6) is 0.872. The zero-order chi connectivity index (χ0) is 13.2. The van der Waals surface area contributed by atoms with Gasteiger partial charge in [-0.3, -0.25) is 4.98 Å². The number of rotatable bonds is 3. The van der Waals surface area contributed by atoms with Gasteiger partial charge in [0.1, 0.15) is 5.75 Å². The first-order valence-corrected chi connectivity index (χ1v) is 6.65. The molecule has 4 nitrogen and oxygen atoms in total. The lowest BCUT2D eigenvalue weighted by molar-refractivity contribution is 0.415. The van der Waals surface area contributed by atoms with Crippen molar-refractivity contribution in [3.63, 3.8) is 0 Å². The molecule has 1 saturated heterocycles. The molecule has 1 aliphatic rings. The summed E-state index contributed by atoms with van der Waals surface area (Å²) in [6, 6.07) is 8.72. The summed E-state index contributed by atoms with van der Waals surface area (Å²) in [6.07, 6.45) is 3.14. The normalized spacial score (nSPS) is 17.8. The summed E-state index contributed by atoms with van der Waals surface area (Å²) in [5.41, 5.74) is 2.16. The molecule has 0 bridgehead atoms. The van der Waals surface area contributed by atoms with Crippen LogP contribution in [0.2, 0.25) is 0 Å². The van der Waals surface area contributed by atoms with Crippen LogP contribution in [0.5, 0.6) is 5.75 Å². The zero-order valence-corrected chi connectivity index (χ0v) is 12.6. The van der Waals surface area contributed by atoms with E-state index in [1.165, 1.54) is 6.42 Å². The molecule has 1 aromatic carbocycles. The lowest BCUT2D eigenvalue weighted by Crippen LogP contribution is -2.33. The molecule has 1 atom stereocenters. The number of hydrogen-bond donors (Lipinski definition) is 1.